The first-order valence-corrected chi connectivity index (χ1v) is 6.20. The van der Waals surface area contributed by atoms with Crippen molar-refractivity contribution in [3.8, 4) is 0 Å². The van der Waals surface area contributed by atoms with E-state index in [1.54, 1.807) is 24.8 Å². The summed E-state index contributed by atoms with van der Waals surface area (Å²) in [5, 5.41) is 4.54. The highest BCUT2D eigenvalue weighted by atomic mass is 14.9. The van der Waals surface area contributed by atoms with Crippen molar-refractivity contribution < 1.29 is 0 Å². The summed E-state index contributed by atoms with van der Waals surface area (Å²) < 4.78 is 0. The zero-order valence-electron chi connectivity index (χ0n) is 10.6. The zero-order valence-corrected chi connectivity index (χ0v) is 10.6. The lowest BCUT2D eigenvalue weighted by atomic mass is 10.1. The summed E-state index contributed by atoms with van der Waals surface area (Å²) in [7, 11) is 0. The minimum absolute atomic E-state index is 0.114. The lowest BCUT2D eigenvalue weighted by Gasteiger charge is -2.14. The second kappa shape index (κ2) is 5.02. The second-order valence-electron chi connectivity index (χ2n) is 4.41. The molecule has 0 amide bonds. The molecule has 0 saturated heterocycles. The van der Waals surface area contributed by atoms with E-state index < -0.39 is 0 Å². The van der Waals surface area contributed by atoms with E-state index in [0.717, 1.165) is 22.3 Å². The maximum absolute atomic E-state index is 4.31. The van der Waals surface area contributed by atoms with Crippen molar-refractivity contribution in [2.75, 3.05) is 5.32 Å². The molecule has 0 bridgehead atoms. The summed E-state index contributed by atoms with van der Waals surface area (Å²) in [6, 6.07) is 10.2. The highest BCUT2D eigenvalue weighted by molar-refractivity contribution is 5.82. The minimum atomic E-state index is 0.114. The van der Waals surface area contributed by atoms with Gasteiger partial charge in [-0.15, -0.1) is 0 Å². The molecular formula is C15H14N4. The average molecular weight is 250 g/mol. The highest BCUT2D eigenvalue weighted by Crippen LogP contribution is 2.21. The van der Waals surface area contributed by atoms with Gasteiger partial charge in [0, 0.05) is 29.7 Å². The maximum atomic E-state index is 4.31. The van der Waals surface area contributed by atoms with Crippen molar-refractivity contribution in [1.29, 1.82) is 0 Å². The molecule has 2 aromatic heterocycles. The van der Waals surface area contributed by atoms with Crippen LogP contribution < -0.4 is 5.32 Å². The van der Waals surface area contributed by atoms with Gasteiger partial charge in [-0.05, 0) is 31.2 Å². The fourth-order valence-electron chi connectivity index (χ4n) is 2.02. The second-order valence-corrected chi connectivity index (χ2v) is 4.41. The van der Waals surface area contributed by atoms with Crippen LogP contribution in [0, 0.1) is 0 Å². The number of nitrogens with one attached hydrogen (secondary N) is 1. The number of hydrogen-bond donors (Lipinski definition) is 1. The molecule has 94 valence electrons. The molecule has 0 fully saturated rings. The van der Waals surface area contributed by atoms with E-state index in [1.807, 2.05) is 18.2 Å². The molecule has 3 rings (SSSR count). The van der Waals surface area contributed by atoms with Gasteiger partial charge in [-0.3, -0.25) is 15.0 Å². The number of aromatic nitrogens is 3. The van der Waals surface area contributed by atoms with Crippen LogP contribution >= 0.6 is 0 Å². The molecule has 4 nitrogen and oxygen atoms in total. The number of nitrogens with zero attached hydrogens (tertiary/aromatic N) is 3. The molecule has 1 aromatic carbocycles. The zero-order chi connectivity index (χ0) is 13.1. The molecule has 0 spiro atoms. The van der Waals surface area contributed by atoms with E-state index in [-0.39, 0.29) is 6.04 Å². The van der Waals surface area contributed by atoms with Crippen molar-refractivity contribution in [2.45, 2.75) is 13.0 Å². The number of benzene rings is 1. The molecule has 0 aliphatic carbocycles. The SMILES string of the molecule is CC(Nc1ccc2ncccc2c1)c1cnccn1. The Morgan fingerprint density at radius 1 is 1.05 bits per heavy atom. The van der Waals surface area contributed by atoms with Gasteiger partial charge in [-0.1, -0.05) is 6.07 Å². The summed E-state index contributed by atoms with van der Waals surface area (Å²) in [4.78, 5) is 12.7. The van der Waals surface area contributed by atoms with Gasteiger partial charge in [0.2, 0.25) is 0 Å². The predicted octanol–water partition coefficient (Wildman–Crippen LogP) is 3.20. The van der Waals surface area contributed by atoms with E-state index in [2.05, 4.69) is 39.3 Å². The van der Waals surface area contributed by atoms with Crippen LogP contribution in [0.4, 0.5) is 5.69 Å². The summed E-state index contributed by atoms with van der Waals surface area (Å²) in [6.45, 7) is 2.07. The molecule has 0 radical (unpaired) electrons. The van der Waals surface area contributed by atoms with Crippen LogP contribution in [0.3, 0.4) is 0 Å². The summed E-state index contributed by atoms with van der Waals surface area (Å²) >= 11 is 0. The Morgan fingerprint density at radius 2 is 2.00 bits per heavy atom. The monoisotopic (exact) mass is 250 g/mol. The van der Waals surface area contributed by atoms with E-state index in [1.165, 1.54) is 0 Å². The van der Waals surface area contributed by atoms with Crippen molar-refractivity contribution >= 4 is 16.6 Å². The van der Waals surface area contributed by atoms with Crippen LogP contribution in [0.2, 0.25) is 0 Å². The first-order chi connectivity index (χ1) is 9.33. The Kier molecular flexibility index (Phi) is 3.06. The van der Waals surface area contributed by atoms with Gasteiger partial charge in [0.05, 0.1) is 23.4 Å². The quantitative estimate of drug-likeness (QED) is 0.775. The third-order valence-corrected chi connectivity index (χ3v) is 3.01. The molecule has 0 aliphatic heterocycles. The Balaban J connectivity index is 1.85. The molecule has 4 heteroatoms. The molecule has 1 atom stereocenters. The van der Waals surface area contributed by atoms with Crippen LogP contribution in [0.5, 0.6) is 0 Å². The van der Waals surface area contributed by atoms with Crippen molar-refractivity contribution in [2.24, 2.45) is 0 Å². The lowest BCUT2D eigenvalue weighted by Crippen LogP contribution is -2.08. The van der Waals surface area contributed by atoms with E-state index >= 15 is 0 Å². The Morgan fingerprint density at radius 3 is 2.84 bits per heavy atom. The molecule has 1 unspecified atom stereocenters. The first-order valence-electron chi connectivity index (χ1n) is 6.20. The third-order valence-electron chi connectivity index (χ3n) is 3.01. The molecule has 2 heterocycles. The van der Waals surface area contributed by atoms with Gasteiger partial charge in [-0.25, -0.2) is 0 Å². The Hall–Kier alpha value is -2.49. The Labute approximate surface area is 111 Å². The largest absolute Gasteiger partial charge is 0.377 e. The van der Waals surface area contributed by atoms with Crippen LogP contribution in [0.1, 0.15) is 18.7 Å². The standard InChI is InChI=1S/C15H14N4/c1-11(15-10-16-7-8-18-15)19-13-4-5-14-12(9-13)3-2-6-17-14/h2-11,19H,1H3. The van der Waals surface area contributed by atoms with Crippen molar-refractivity contribution in [3.05, 3.63) is 60.8 Å². The summed E-state index contributed by atoms with van der Waals surface area (Å²) in [5.41, 5.74) is 2.98. The highest BCUT2D eigenvalue weighted by Gasteiger charge is 2.06. The third kappa shape index (κ3) is 2.52. The average Bonchev–Trinajstić information content (AvgIpc) is 2.48. The van der Waals surface area contributed by atoms with Crippen LogP contribution in [-0.4, -0.2) is 15.0 Å². The fraction of sp³-hybridized carbons (Fsp3) is 0.133. The van der Waals surface area contributed by atoms with E-state index in [4.69, 9.17) is 0 Å². The van der Waals surface area contributed by atoms with Crippen LogP contribution in [0.15, 0.2) is 55.1 Å². The number of pyridine rings is 1. The maximum Gasteiger partial charge on any atom is 0.0806 e. The molecule has 1 N–H and O–H groups in total. The van der Waals surface area contributed by atoms with Gasteiger partial charge in [-0.2, -0.15) is 0 Å². The Bertz CT molecular complexity index is 682. The minimum Gasteiger partial charge on any atom is -0.377 e. The number of rotatable bonds is 3. The van der Waals surface area contributed by atoms with Gasteiger partial charge in [0.15, 0.2) is 0 Å². The first kappa shape index (κ1) is 11.6. The fourth-order valence-corrected chi connectivity index (χ4v) is 2.02. The van der Waals surface area contributed by atoms with Gasteiger partial charge in [0.25, 0.3) is 0 Å². The van der Waals surface area contributed by atoms with E-state index in [9.17, 15) is 0 Å². The lowest BCUT2D eigenvalue weighted by molar-refractivity contribution is 0.828. The summed E-state index contributed by atoms with van der Waals surface area (Å²) in [5.74, 6) is 0. The smallest absolute Gasteiger partial charge is 0.0806 e. The topological polar surface area (TPSA) is 50.7 Å². The molecule has 3 aromatic rings. The van der Waals surface area contributed by atoms with Gasteiger partial charge in [0.1, 0.15) is 0 Å². The van der Waals surface area contributed by atoms with Gasteiger partial charge < -0.3 is 5.32 Å². The van der Waals surface area contributed by atoms with Crippen molar-refractivity contribution in [3.63, 3.8) is 0 Å². The summed E-state index contributed by atoms with van der Waals surface area (Å²) in [6.07, 6.45) is 6.97. The predicted molar refractivity (Wildman–Crippen MR) is 75.8 cm³/mol. The number of fused-ring (bicyclic) bond motifs is 1. The van der Waals surface area contributed by atoms with Crippen molar-refractivity contribution in [1.82, 2.24) is 15.0 Å². The molecule has 0 saturated carbocycles. The molecule has 0 aliphatic rings. The number of anilines is 1. The molecular weight excluding hydrogens is 236 g/mol. The molecule has 19 heavy (non-hydrogen) atoms. The number of hydrogen-bond acceptors (Lipinski definition) is 4. The van der Waals surface area contributed by atoms with E-state index in [0.29, 0.717) is 0 Å². The van der Waals surface area contributed by atoms with Crippen LogP contribution in [-0.2, 0) is 0 Å². The van der Waals surface area contributed by atoms with Gasteiger partial charge >= 0.3 is 0 Å². The van der Waals surface area contributed by atoms with Crippen LogP contribution in [0.25, 0.3) is 10.9 Å². The normalized spacial score (nSPS) is 12.3.